The molecule has 0 saturated carbocycles. The highest BCUT2D eigenvalue weighted by molar-refractivity contribution is 7.92. The number of nitrogens with zero attached hydrogens (tertiary/aromatic N) is 3. The summed E-state index contributed by atoms with van der Waals surface area (Å²) >= 11 is 0. The van der Waals surface area contributed by atoms with Crippen LogP contribution in [0.15, 0.2) is 71.8 Å². The van der Waals surface area contributed by atoms with Gasteiger partial charge in [-0.2, -0.15) is 0 Å². The number of nitrogen functional groups attached to an aromatic ring is 1. The number of benzene rings is 3. The predicted octanol–water partition coefficient (Wildman–Crippen LogP) is 5.61. The van der Waals surface area contributed by atoms with E-state index in [-0.39, 0.29) is 10.6 Å². The third-order valence-corrected chi connectivity index (χ3v) is 10.7. The van der Waals surface area contributed by atoms with Crippen LogP contribution in [0, 0.1) is 0 Å². The Morgan fingerprint density at radius 3 is 2.45 bits per heavy atom. The number of aromatic nitrogens is 1. The average Bonchev–Trinajstić information content (AvgIpc) is 3.56. The highest BCUT2D eigenvalue weighted by Crippen LogP contribution is 2.41. The number of rotatable bonds is 10. The monoisotopic (exact) mass is 662 g/mol. The Bertz CT molecular complexity index is 1930. The molecule has 0 radical (unpaired) electrons. The van der Waals surface area contributed by atoms with Crippen LogP contribution in [-0.4, -0.2) is 68.5 Å². The van der Waals surface area contributed by atoms with Gasteiger partial charge in [-0.1, -0.05) is 6.07 Å². The average molecular weight is 663 g/mol. The molecule has 0 bridgehead atoms. The summed E-state index contributed by atoms with van der Waals surface area (Å²) in [4.78, 5) is 33.3. The van der Waals surface area contributed by atoms with Crippen molar-refractivity contribution in [2.45, 2.75) is 49.0 Å². The molecular formula is C34H38N4O8S. The van der Waals surface area contributed by atoms with Crippen LogP contribution in [0.3, 0.4) is 0 Å². The van der Waals surface area contributed by atoms with Crippen LogP contribution in [0.5, 0.6) is 17.2 Å². The van der Waals surface area contributed by atoms with Crippen molar-refractivity contribution in [3.8, 4) is 17.2 Å². The first-order valence-electron chi connectivity index (χ1n) is 15.0. The van der Waals surface area contributed by atoms with Gasteiger partial charge in [0.05, 0.1) is 30.4 Å². The van der Waals surface area contributed by atoms with Gasteiger partial charge < -0.3 is 30.0 Å². The van der Waals surface area contributed by atoms with Crippen molar-refractivity contribution in [2.75, 3.05) is 38.4 Å². The summed E-state index contributed by atoms with van der Waals surface area (Å²) in [5, 5.41) is 10.4. The van der Waals surface area contributed by atoms with Crippen LogP contribution in [0.4, 0.5) is 16.3 Å². The lowest BCUT2D eigenvalue weighted by molar-refractivity contribution is -0.140. The fourth-order valence-corrected chi connectivity index (χ4v) is 7.09. The van der Waals surface area contributed by atoms with E-state index in [4.69, 9.17) is 19.9 Å². The number of fused-ring (bicyclic) bond motifs is 1. The van der Waals surface area contributed by atoms with Gasteiger partial charge in [-0.25, -0.2) is 18.2 Å². The summed E-state index contributed by atoms with van der Waals surface area (Å²) in [6.07, 6.45) is 0.281. The van der Waals surface area contributed by atoms with Crippen molar-refractivity contribution >= 4 is 44.1 Å². The molecule has 12 nitrogen and oxygen atoms in total. The van der Waals surface area contributed by atoms with Crippen molar-refractivity contribution in [1.82, 2.24) is 9.88 Å². The Morgan fingerprint density at radius 1 is 1.02 bits per heavy atom. The summed E-state index contributed by atoms with van der Waals surface area (Å²) in [6.45, 7) is 3.50. The Hall–Kier alpha value is -5.04. The quantitative estimate of drug-likeness (QED) is 0.218. The number of likely N-dealkylation sites (tertiary alicyclic amines) is 1. The maximum atomic E-state index is 14.7. The molecule has 3 N–H and O–H groups in total. The van der Waals surface area contributed by atoms with Crippen molar-refractivity contribution in [3.05, 3.63) is 78.0 Å². The first-order chi connectivity index (χ1) is 22.4. The largest absolute Gasteiger partial charge is 0.493 e. The van der Waals surface area contributed by atoms with E-state index < -0.39 is 39.2 Å². The molecule has 0 spiro atoms. The molecule has 0 aliphatic carbocycles. The van der Waals surface area contributed by atoms with Crippen LogP contribution in [0.1, 0.15) is 50.0 Å². The van der Waals surface area contributed by atoms with Crippen LogP contribution in [0.2, 0.25) is 0 Å². The van der Waals surface area contributed by atoms with E-state index in [1.54, 1.807) is 73.5 Å². The minimum atomic E-state index is -3.80. The second kappa shape index (κ2) is 13.4. The summed E-state index contributed by atoms with van der Waals surface area (Å²) in [5.41, 5.74) is 7.18. The predicted molar refractivity (Wildman–Crippen MR) is 178 cm³/mol. The molecule has 13 heteroatoms. The first kappa shape index (κ1) is 33.3. The highest BCUT2D eigenvalue weighted by atomic mass is 32.2. The van der Waals surface area contributed by atoms with Crippen LogP contribution in [0.25, 0.3) is 10.8 Å². The number of nitrogens with two attached hydrogens (primary N) is 1. The van der Waals surface area contributed by atoms with E-state index in [0.717, 1.165) is 15.7 Å². The molecule has 1 aliphatic heterocycles. The van der Waals surface area contributed by atoms with Gasteiger partial charge in [0.25, 0.3) is 5.91 Å². The molecule has 5 rings (SSSR count). The normalized spacial score (nSPS) is 15.4. The molecule has 1 aliphatic rings. The number of carboxylic acid groups (broad SMARTS) is 1. The Labute approximate surface area is 273 Å². The number of sulfone groups is 1. The van der Waals surface area contributed by atoms with Gasteiger partial charge in [0.2, 0.25) is 6.10 Å². The molecular weight excluding hydrogens is 624 g/mol. The van der Waals surface area contributed by atoms with Crippen molar-refractivity contribution in [1.29, 1.82) is 0 Å². The number of methoxy groups -OCH3 is 2. The minimum absolute atomic E-state index is 0.0593. The van der Waals surface area contributed by atoms with Crippen LogP contribution >= 0.6 is 0 Å². The fourth-order valence-electron chi connectivity index (χ4n) is 5.80. The molecule has 1 saturated heterocycles. The van der Waals surface area contributed by atoms with E-state index in [2.05, 4.69) is 4.98 Å². The number of pyridine rings is 1. The summed E-state index contributed by atoms with van der Waals surface area (Å²) in [6, 6.07) is 15.9. The van der Waals surface area contributed by atoms with Gasteiger partial charge in [0.15, 0.2) is 21.3 Å². The van der Waals surface area contributed by atoms with Gasteiger partial charge in [0, 0.05) is 36.4 Å². The molecule has 2 atom stereocenters. The Morgan fingerprint density at radius 2 is 1.77 bits per heavy atom. The number of carbonyl (C=O) groups excluding carboxylic acids is 1. The van der Waals surface area contributed by atoms with Gasteiger partial charge in [-0.3, -0.25) is 9.69 Å². The number of hydrogen-bond acceptors (Lipinski definition) is 9. The number of hydrogen-bond donors (Lipinski definition) is 2. The third-order valence-electron chi connectivity index (χ3n) is 8.44. The first-order valence-corrected chi connectivity index (χ1v) is 16.6. The van der Waals surface area contributed by atoms with E-state index in [1.165, 1.54) is 33.4 Å². The maximum Gasteiger partial charge on any atom is 0.411 e. The molecule has 248 valence electrons. The highest BCUT2D eigenvalue weighted by Gasteiger charge is 2.39. The lowest BCUT2D eigenvalue weighted by Crippen LogP contribution is -2.37. The Kier molecular flexibility index (Phi) is 9.48. The van der Waals surface area contributed by atoms with E-state index in [9.17, 15) is 23.1 Å². The molecule has 3 aromatic carbocycles. The van der Waals surface area contributed by atoms with Gasteiger partial charge in [-0.05, 0) is 92.2 Å². The van der Waals surface area contributed by atoms with E-state index in [0.29, 0.717) is 53.6 Å². The number of carbonyl (C=O) groups is 2. The molecule has 0 unspecified atom stereocenters. The zero-order chi connectivity index (χ0) is 34.0. The third kappa shape index (κ3) is 6.48. The molecule has 47 heavy (non-hydrogen) atoms. The lowest BCUT2D eigenvalue weighted by atomic mass is 10.0. The number of amides is 2. The van der Waals surface area contributed by atoms with Crippen molar-refractivity contribution in [3.63, 3.8) is 0 Å². The van der Waals surface area contributed by atoms with Crippen LogP contribution < -0.4 is 24.8 Å². The van der Waals surface area contributed by atoms with E-state index in [1.807, 2.05) is 0 Å². The zero-order valence-corrected chi connectivity index (χ0v) is 27.7. The van der Waals surface area contributed by atoms with E-state index >= 15 is 0 Å². The van der Waals surface area contributed by atoms with Gasteiger partial charge in [0.1, 0.15) is 11.6 Å². The summed E-state index contributed by atoms with van der Waals surface area (Å²) in [5.74, 6) is 1.23. The standard InChI is InChI=1S/C34H38N4O8S/c1-20(2)47(42,43)30-13-9-23(37(3)34(40)41)19-26(30)27-7-6-16-38(27)33(39)31(22-8-12-28(44-4)29(18-22)45-5)46-24-10-11-25-21(17-24)14-15-36-32(25)35/h8-15,17-20,27,31H,6-7,16H2,1-5H3,(H2,35,36)(H,40,41)/t27-,31+/m1/s1. The topological polar surface area (TPSA) is 162 Å². The minimum Gasteiger partial charge on any atom is -0.493 e. The molecule has 4 aromatic rings. The van der Waals surface area contributed by atoms with Gasteiger partial charge >= 0.3 is 6.09 Å². The smallest absolute Gasteiger partial charge is 0.411 e. The molecule has 2 heterocycles. The fraction of sp³-hybridized carbons (Fsp3) is 0.324. The number of anilines is 2. The number of ether oxygens (including phenoxy) is 3. The second-order valence-electron chi connectivity index (χ2n) is 11.5. The Balaban J connectivity index is 1.62. The maximum absolute atomic E-state index is 14.7. The van der Waals surface area contributed by atoms with Crippen molar-refractivity contribution < 1.29 is 37.3 Å². The van der Waals surface area contributed by atoms with Gasteiger partial charge in [-0.15, -0.1) is 0 Å². The zero-order valence-electron chi connectivity index (χ0n) is 26.8. The van der Waals surface area contributed by atoms with Crippen LogP contribution in [-0.2, 0) is 14.6 Å². The lowest BCUT2D eigenvalue weighted by Gasteiger charge is -2.31. The molecule has 1 fully saturated rings. The van der Waals surface area contributed by atoms with Crippen molar-refractivity contribution in [2.24, 2.45) is 0 Å². The second-order valence-corrected chi connectivity index (χ2v) is 14.0. The summed E-state index contributed by atoms with van der Waals surface area (Å²) < 4.78 is 44.5. The summed E-state index contributed by atoms with van der Waals surface area (Å²) in [7, 11) is 0.588. The molecule has 2 amide bonds. The molecule has 1 aromatic heterocycles. The SMILES string of the molecule is COc1ccc([C@H](Oc2ccc3c(N)nccc3c2)C(=O)N2CCC[C@@H]2c2cc(N(C)C(=O)O)ccc2S(=O)(=O)C(C)C)cc1OC.